The van der Waals surface area contributed by atoms with Crippen molar-refractivity contribution in [3.05, 3.63) is 0 Å². The van der Waals surface area contributed by atoms with E-state index in [0.29, 0.717) is 6.54 Å². The fourth-order valence-electron chi connectivity index (χ4n) is 2.68. The fraction of sp³-hybridized carbons (Fsp3) is 0.833. The van der Waals surface area contributed by atoms with Crippen molar-refractivity contribution in [3.8, 4) is 0 Å². The minimum atomic E-state index is -0.359. The van der Waals surface area contributed by atoms with Crippen LogP contribution >= 0.6 is 0 Å². The van der Waals surface area contributed by atoms with Gasteiger partial charge in [-0.1, -0.05) is 0 Å². The highest BCUT2D eigenvalue weighted by Gasteiger charge is 2.36. The fourth-order valence-corrected chi connectivity index (χ4v) is 2.68. The van der Waals surface area contributed by atoms with Crippen LogP contribution in [0, 0.1) is 5.92 Å². The molecule has 2 atom stereocenters. The molecule has 1 N–H and O–H groups in total. The van der Waals surface area contributed by atoms with Gasteiger partial charge in [-0.3, -0.25) is 4.79 Å². The van der Waals surface area contributed by atoms with Crippen LogP contribution in [0.3, 0.4) is 0 Å². The van der Waals surface area contributed by atoms with Crippen molar-refractivity contribution in [2.24, 2.45) is 5.92 Å². The van der Waals surface area contributed by atoms with Gasteiger partial charge < -0.3 is 15.0 Å². The molecule has 2 rings (SSSR count). The number of carbonyl (C=O) groups excluding carboxylic acids is 2. The Morgan fingerprint density at radius 2 is 2.12 bits per heavy atom. The monoisotopic (exact) mass is 240 g/mol. The van der Waals surface area contributed by atoms with Gasteiger partial charge in [-0.15, -0.1) is 0 Å². The molecule has 0 aromatic rings. The van der Waals surface area contributed by atoms with Crippen molar-refractivity contribution >= 4 is 11.9 Å². The summed E-state index contributed by atoms with van der Waals surface area (Å²) in [6, 6.07) is -0.359. The van der Waals surface area contributed by atoms with Gasteiger partial charge in [0.15, 0.2) is 0 Å². The van der Waals surface area contributed by atoms with Gasteiger partial charge in [0.2, 0.25) is 5.91 Å². The van der Waals surface area contributed by atoms with Gasteiger partial charge in [-0.05, 0) is 32.2 Å². The average molecular weight is 240 g/mol. The van der Waals surface area contributed by atoms with Crippen LogP contribution in [0.25, 0.3) is 0 Å². The highest BCUT2D eigenvalue weighted by molar-refractivity contribution is 5.86. The molecule has 5 nitrogen and oxygen atoms in total. The summed E-state index contributed by atoms with van der Waals surface area (Å²) in [6.07, 6.45) is 3.59. The summed E-state index contributed by atoms with van der Waals surface area (Å²) in [5.41, 5.74) is 0. The summed E-state index contributed by atoms with van der Waals surface area (Å²) in [7, 11) is 1.39. The quantitative estimate of drug-likeness (QED) is 0.698. The maximum absolute atomic E-state index is 12.3. The second-order valence-corrected chi connectivity index (χ2v) is 4.76. The number of piperidine rings is 1. The smallest absolute Gasteiger partial charge is 0.328 e. The molecule has 0 aromatic heterocycles. The Balaban J connectivity index is 2.04. The van der Waals surface area contributed by atoms with Gasteiger partial charge in [-0.2, -0.15) is 0 Å². The molecule has 2 fully saturated rings. The zero-order chi connectivity index (χ0) is 12.3. The minimum Gasteiger partial charge on any atom is -0.467 e. The first kappa shape index (κ1) is 12.4. The molecule has 0 aliphatic carbocycles. The number of carbonyl (C=O) groups is 2. The molecule has 17 heavy (non-hydrogen) atoms. The molecular formula is C12H20N2O3. The van der Waals surface area contributed by atoms with E-state index in [2.05, 4.69) is 5.32 Å². The maximum Gasteiger partial charge on any atom is 0.328 e. The van der Waals surface area contributed by atoms with Gasteiger partial charge >= 0.3 is 5.97 Å². The lowest BCUT2D eigenvalue weighted by molar-refractivity contribution is -0.156. The number of esters is 1. The lowest BCUT2D eigenvalue weighted by atomic mass is 9.98. The molecule has 2 aliphatic heterocycles. The Hall–Kier alpha value is -1.10. The molecule has 0 saturated carbocycles. The van der Waals surface area contributed by atoms with Crippen LogP contribution in [-0.4, -0.2) is 49.6 Å². The Morgan fingerprint density at radius 1 is 1.29 bits per heavy atom. The Labute approximate surface area is 101 Å². The number of nitrogens with zero attached hydrogens (tertiary/aromatic N) is 1. The van der Waals surface area contributed by atoms with E-state index in [4.69, 9.17) is 4.74 Å². The number of rotatable bonds is 2. The number of likely N-dealkylation sites (tertiary alicyclic amines) is 1. The van der Waals surface area contributed by atoms with Crippen LogP contribution < -0.4 is 5.32 Å². The van der Waals surface area contributed by atoms with E-state index in [1.807, 2.05) is 0 Å². The van der Waals surface area contributed by atoms with E-state index in [9.17, 15) is 9.59 Å². The second-order valence-electron chi connectivity index (χ2n) is 4.76. The number of hydrogen-bond donors (Lipinski definition) is 1. The Bertz CT molecular complexity index is 300. The van der Waals surface area contributed by atoms with E-state index in [1.54, 1.807) is 4.90 Å². The molecule has 2 heterocycles. The van der Waals surface area contributed by atoms with Crippen LogP contribution in [-0.2, 0) is 14.3 Å². The minimum absolute atomic E-state index is 0.0419. The third kappa shape index (κ3) is 2.60. The number of hydrogen-bond acceptors (Lipinski definition) is 4. The van der Waals surface area contributed by atoms with Crippen molar-refractivity contribution in [3.63, 3.8) is 0 Å². The Morgan fingerprint density at radius 3 is 2.76 bits per heavy atom. The molecule has 2 saturated heterocycles. The summed E-state index contributed by atoms with van der Waals surface area (Å²) >= 11 is 0. The van der Waals surface area contributed by atoms with Gasteiger partial charge in [0.05, 0.1) is 13.0 Å². The highest BCUT2D eigenvalue weighted by Crippen LogP contribution is 2.22. The normalized spacial score (nSPS) is 29.1. The van der Waals surface area contributed by atoms with Crippen molar-refractivity contribution in [2.45, 2.75) is 31.7 Å². The van der Waals surface area contributed by atoms with Crippen LogP contribution in [0.1, 0.15) is 25.7 Å². The number of methoxy groups -OCH3 is 1. The van der Waals surface area contributed by atoms with Crippen LogP contribution in [0.15, 0.2) is 0 Å². The van der Waals surface area contributed by atoms with Crippen molar-refractivity contribution in [1.82, 2.24) is 10.2 Å². The standard InChI is InChI=1S/C12H20N2O3/c1-17-12(16)10-4-2-3-7-14(10)11(15)9-5-6-13-8-9/h9-10,13H,2-8H2,1H3. The van der Waals surface area contributed by atoms with E-state index in [1.165, 1.54) is 7.11 Å². The van der Waals surface area contributed by atoms with Gasteiger partial charge in [0, 0.05) is 13.1 Å². The highest BCUT2D eigenvalue weighted by atomic mass is 16.5. The van der Waals surface area contributed by atoms with Crippen molar-refractivity contribution in [2.75, 3.05) is 26.7 Å². The van der Waals surface area contributed by atoms with Gasteiger partial charge in [-0.25, -0.2) is 4.79 Å². The Kier molecular flexibility index (Phi) is 3.99. The van der Waals surface area contributed by atoms with Crippen LogP contribution in [0.4, 0.5) is 0 Å². The molecule has 0 bridgehead atoms. The predicted octanol–water partition coefficient (Wildman–Crippen LogP) is 0.150. The summed E-state index contributed by atoms with van der Waals surface area (Å²) in [4.78, 5) is 25.7. The lowest BCUT2D eigenvalue weighted by Crippen LogP contribution is -2.50. The van der Waals surface area contributed by atoms with Crippen LogP contribution in [0.5, 0.6) is 0 Å². The molecule has 0 spiro atoms. The zero-order valence-electron chi connectivity index (χ0n) is 10.3. The molecule has 0 radical (unpaired) electrons. The third-order valence-electron chi connectivity index (χ3n) is 3.67. The van der Waals surface area contributed by atoms with Gasteiger partial charge in [0.1, 0.15) is 6.04 Å². The third-order valence-corrected chi connectivity index (χ3v) is 3.67. The van der Waals surface area contributed by atoms with Crippen molar-refractivity contribution < 1.29 is 14.3 Å². The molecule has 2 aliphatic rings. The number of ether oxygens (including phenoxy) is 1. The molecule has 2 unspecified atom stereocenters. The molecule has 0 aromatic carbocycles. The number of amides is 1. The summed E-state index contributed by atoms with van der Waals surface area (Å²) in [5.74, 6) is -0.116. The van der Waals surface area contributed by atoms with Crippen molar-refractivity contribution in [1.29, 1.82) is 0 Å². The first-order valence-electron chi connectivity index (χ1n) is 6.33. The lowest BCUT2D eigenvalue weighted by Gasteiger charge is -2.35. The molecule has 1 amide bonds. The zero-order valence-corrected chi connectivity index (χ0v) is 10.3. The summed E-state index contributed by atoms with van der Waals surface area (Å²) < 4.78 is 4.78. The molecular weight excluding hydrogens is 220 g/mol. The largest absolute Gasteiger partial charge is 0.467 e. The van der Waals surface area contributed by atoms with E-state index in [-0.39, 0.29) is 23.8 Å². The summed E-state index contributed by atoms with van der Waals surface area (Å²) in [5, 5.41) is 3.19. The number of nitrogens with one attached hydrogen (secondary N) is 1. The average Bonchev–Trinajstić information content (AvgIpc) is 2.91. The van der Waals surface area contributed by atoms with Crippen LogP contribution in [0.2, 0.25) is 0 Å². The molecule has 96 valence electrons. The van der Waals surface area contributed by atoms with E-state index in [0.717, 1.165) is 38.8 Å². The van der Waals surface area contributed by atoms with Gasteiger partial charge in [0.25, 0.3) is 0 Å². The first-order valence-corrected chi connectivity index (χ1v) is 6.33. The summed E-state index contributed by atoms with van der Waals surface area (Å²) in [6.45, 7) is 2.32. The SMILES string of the molecule is COC(=O)C1CCCCN1C(=O)C1CCNC1. The topological polar surface area (TPSA) is 58.6 Å². The van der Waals surface area contributed by atoms with E-state index >= 15 is 0 Å². The van der Waals surface area contributed by atoms with E-state index < -0.39 is 0 Å². The maximum atomic E-state index is 12.3. The first-order chi connectivity index (χ1) is 8.24. The predicted molar refractivity (Wildman–Crippen MR) is 62.3 cm³/mol. The molecule has 5 heteroatoms. The second kappa shape index (κ2) is 5.49.